The van der Waals surface area contributed by atoms with Crippen molar-refractivity contribution >= 4 is 23.2 Å². The highest BCUT2D eigenvalue weighted by molar-refractivity contribution is 6.38. The van der Waals surface area contributed by atoms with Crippen molar-refractivity contribution in [3.05, 3.63) is 77.4 Å². The molecule has 2 heterocycles. The Morgan fingerprint density at radius 1 is 0.939 bits per heavy atom. The van der Waals surface area contributed by atoms with Crippen molar-refractivity contribution in [2.45, 2.75) is 17.9 Å². The number of carbonyl (C=O) groups excluding carboxylic acids is 2. The van der Waals surface area contributed by atoms with E-state index in [0.717, 1.165) is 23.8 Å². The van der Waals surface area contributed by atoms with Gasteiger partial charge in [0.15, 0.2) is 5.71 Å². The lowest BCUT2D eigenvalue weighted by Crippen LogP contribution is -2.66. The molecule has 0 spiro atoms. The minimum absolute atomic E-state index is 0.00449. The van der Waals surface area contributed by atoms with Gasteiger partial charge < -0.3 is 14.6 Å². The van der Waals surface area contributed by atoms with Crippen LogP contribution in [-0.2, 0) is 28.8 Å². The van der Waals surface area contributed by atoms with Crippen LogP contribution in [0.2, 0.25) is 0 Å². The van der Waals surface area contributed by atoms with Crippen LogP contribution in [0.4, 0.5) is 0 Å². The Morgan fingerprint density at radius 3 is 2.06 bits per heavy atom. The van der Waals surface area contributed by atoms with Gasteiger partial charge in [-0.2, -0.15) is 5.10 Å². The van der Waals surface area contributed by atoms with Gasteiger partial charge >= 0.3 is 11.9 Å². The summed E-state index contributed by atoms with van der Waals surface area (Å²) < 4.78 is 9.75. The minimum Gasteiger partial charge on any atom is -0.465 e. The summed E-state index contributed by atoms with van der Waals surface area (Å²) in [7, 11) is 2.40. The number of methoxy groups -OCH3 is 2. The van der Waals surface area contributed by atoms with Crippen molar-refractivity contribution in [3.63, 3.8) is 0 Å². The van der Waals surface area contributed by atoms with E-state index >= 15 is 0 Å². The maximum absolute atomic E-state index is 12.6. The fraction of sp³-hybridized carbons (Fsp3) is 0.292. The summed E-state index contributed by atoms with van der Waals surface area (Å²) in [5.41, 5.74) is 3.51. The van der Waals surface area contributed by atoms with Gasteiger partial charge in [-0.15, -0.1) is 0 Å². The molecule has 2 bridgehead atoms. The van der Waals surface area contributed by atoms with Crippen LogP contribution in [0, 0.1) is 11.8 Å². The van der Waals surface area contributed by atoms with E-state index < -0.39 is 41.7 Å². The van der Waals surface area contributed by atoms with Gasteiger partial charge in [0, 0.05) is 5.57 Å². The Kier molecular flexibility index (Phi) is 5.24. The first-order valence-corrected chi connectivity index (χ1v) is 10.4. The molecule has 1 aliphatic carbocycles. The van der Waals surface area contributed by atoms with Gasteiger partial charge in [-0.05, 0) is 16.7 Å². The Hall–Kier alpha value is -3.53. The van der Waals surface area contributed by atoms with E-state index in [1.807, 2.05) is 60.7 Å². The summed E-state index contributed by atoms with van der Waals surface area (Å²) in [5, 5.41) is 15.3. The van der Waals surface area contributed by atoms with Gasteiger partial charge in [-0.3, -0.25) is 5.43 Å². The van der Waals surface area contributed by atoms with Gasteiger partial charge in [0.1, 0.15) is 12.2 Å². The van der Waals surface area contributed by atoms with Gasteiger partial charge in [0.05, 0.1) is 26.1 Å². The van der Waals surface area contributed by atoms with Gasteiger partial charge in [0.25, 0.3) is 5.72 Å². The molecule has 2 fully saturated rings. The molecular weight excluding hydrogens is 428 g/mol. The van der Waals surface area contributed by atoms with Gasteiger partial charge in [-0.25, -0.2) is 19.4 Å². The molecule has 2 aliphatic heterocycles. The first kappa shape index (κ1) is 21.3. The average Bonchev–Trinajstić information content (AvgIpc) is 3.42. The molecule has 2 aromatic rings. The lowest BCUT2D eigenvalue weighted by molar-refractivity contribution is -0.348. The summed E-state index contributed by atoms with van der Waals surface area (Å²) in [6.07, 6.45) is -1.64. The van der Waals surface area contributed by atoms with Crippen molar-refractivity contribution in [2.24, 2.45) is 16.9 Å². The zero-order valence-electron chi connectivity index (χ0n) is 17.9. The molecule has 9 nitrogen and oxygen atoms in total. The van der Waals surface area contributed by atoms with E-state index in [1.54, 1.807) is 0 Å². The number of fused-ring (bicyclic) bond motifs is 5. The van der Waals surface area contributed by atoms with E-state index in [0.29, 0.717) is 5.57 Å². The van der Waals surface area contributed by atoms with E-state index in [2.05, 4.69) is 10.5 Å². The number of nitrogens with one attached hydrogen (secondary N) is 1. The number of carbonyl (C=O) groups is 2. The largest absolute Gasteiger partial charge is 0.465 e. The van der Waals surface area contributed by atoms with Crippen LogP contribution in [0.3, 0.4) is 0 Å². The molecule has 5 atom stereocenters. The first-order valence-electron chi connectivity index (χ1n) is 10.4. The smallest absolute Gasteiger partial charge is 0.361 e. The summed E-state index contributed by atoms with van der Waals surface area (Å²) in [6, 6.07) is 19.3. The van der Waals surface area contributed by atoms with Gasteiger partial charge in [-0.1, -0.05) is 60.7 Å². The molecular formula is C24H22N2O7. The van der Waals surface area contributed by atoms with Crippen molar-refractivity contribution in [2.75, 3.05) is 14.2 Å². The number of hydrogen-bond acceptors (Lipinski definition) is 9. The Morgan fingerprint density at radius 2 is 1.52 bits per heavy atom. The third-order valence-corrected chi connectivity index (χ3v) is 6.36. The number of benzene rings is 2. The summed E-state index contributed by atoms with van der Waals surface area (Å²) in [5.74, 6) is -3.39. The van der Waals surface area contributed by atoms with Crippen LogP contribution in [0.1, 0.15) is 11.1 Å². The standard InChI is InChI=1S/C24H22N2O7/c1-30-22(27)19-17-18(24(29,26-25-19)23(28)31-2)21-16(20(17)32-33-21)15(13-9-5-3-6-10-13)14-11-7-4-8-12-14/h3-12,17-18,20-21,26,29H,1-2H3. The molecule has 33 heavy (non-hydrogen) atoms. The molecule has 9 heteroatoms. The second-order valence-electron chi connectivity index (χ2n) is 8.01. The Balaban J connectivity index is 1.75. The van der Waals surface area contributed by atoms with Crippen molar-refractivity contribution < 1.29 is 33.9 Å². The quantitative estimate of drug-likeness (QED) is 0.531. The zero-order chi connectivity index (χ0) is 23.2. The molecule has 1 saturated carbocycles. The van der Waals surface area contributed by atoms with E-state index in [1.165, 1.54) is 7.11 Å². The predicted molar refractivity (Wildman–Crippen MR) is 115 cm³/mol. The SMILES string of the molecule is COC(=O)C1=NNC(O)(C(=O)OC)C2C3OOC(C3=C(c3ccccc3)c3ccccc3)C12. The van der Waals surface area contributed by atoms with Crippen LogP contribution < -0.4 is 5.43 Å². The van der Waals surface area contributed by atoms with Crippen molar-refractivity contribution in [1.29, 1.82) is 0 Å². The highest BCUT2D eigenvalue weighted by Gasteiger charge is 2.69. The fourth-order valence-corrected chi connectivity index (χ4v) is 4.97. The predicted octanol–water partition coefficient (Wildman–Crippen LogP) is 1.43. The molecule has 2 aromatic carbocycles. The topological polar surface area (TPSA) is 116 Å². The molecule has 5 unspecified atom stereocenters. The van der Waals surface area contributed by atoms with Crippen molar-refractivity contribution in [3.8, 4) is 0 Å². The molecule has 5 rings (SSSR count). The molecule has 0 radical (unpaired) electrons. The summed E-state index contributed by atoms with van der Waals surface area (Å²) >= 11 is 0. The van der Waals surface area contributed by atoms with Crippen LogP contribution in [0.5, 0.6) is 0 Å². The maximum Gasteiger partial charge on any atom is 0.361 e. The molecule has 1 saturated heterocycles. The van der Waals surface area contributed by atoms with Crippen LogP contribution in [0.25, 0.3) is 5.57 Å². The Bertz CT molecular complexity index is 1110. The normalized spacial score (nSPS) is 29.5. The number of hydrogen-bond donors (Lipinski definition) is 2. The second kappa shape index (κ2) is 8.11. The van der Waals surface area contributed by atoms with Crippen molar-refractivity contribution in [1.82, 2.24) is 5.43 Å². The third kappa shape index (κ3) is 3.16. The molecule has 3 aliphatic rings. The number of hydrazone groups is 1. The molecule has 2 N–H and O–H groups in total. The van der Waals surface area contributed by atoms with E-state index in [9.17, 15) is 14.7 Å². The number of esters is 2. The lowest BCUT2D eigenvalue weighted by Gasteiger charge is -2.41. The number of nitrogens with zero attached hydrogens (tertiary/aromatic N) is 1. The lowest BCUT2D eigenvalue weighted by atomic mass is 9.79. The third-order valence-electron chi connectivity index (χ3n) is 6.36. The van der Waals surface area contributed by atoms with E-state index in [4.69, 9.17) is 19.2 Å². The van der Waals surface area contributed by atoms with Crippen LogP contribution in [0.15, 0.2) is 71.3 Å². The average molecular weight is 450 g/mol. The maximum atomic E-state index is 12.6. The van der Waals surface area contributed by atoms with Crippen LogP contribution in [-0.4, -0.2) is 54.9 Å². The first-order chi connectivity index (χ1) is 16.0. The van der Waals surface area contributed by atoms with E-state index in [-0.39, 0.29) is 5.71 Å². The summed E-state index contributed by atoms with van der Waals surface area (Å²) in [6.45, 7) is 0. The number of rotatable bonds is 4. The molecule has 0 amide bonds. The highest BCUT2D eigenvalue weighted by atomic mass is 17.2. The van der Waals surface area contributed by atoms with Crippen LogP contribution >= 0.6 is 0 Å². The second-order valence-corrected chi connectivity index (χ2v) is 8.01. The number of aliphatic hydroxyl groups is 1. The molecule has 170 valence electrons. The monoisotopic (exact) mass is 450 g/mol. The number of ether oxygens (including phenoxy) is 2. The highest BCUT2D eigenvalue weighted by Crippen LogP contribution is 2.54. The van der Waals surface area contributed by atoms with Gasteiger partial charge in [0.2, 0.25) is 0 Å². The zero-order valence-corrected chi connectivity index (χ0v) is 17.9. The minimum atomic E-state index is -2.23. The summed E-state index contributed by atoms with van der Waals surface area (Å²) in [4.78, 5) is 36.5. The Labute approximate surface area is 189 Å². The molecule has 0 aromatic heterocycles. The fourth-order valence-electron chi connectivity index (χ4n) is 4.97.